The zero-order valence-electron chi connectivity index (χ0n) is 33.3. The van der Waals surface area contributed by atoms with E-state index in [0.29, 0.717) is 46.7 Å². The maximum absolute atomic E-state index is 14.2. The van der Waals surface area contributed by atoms with Crippen molar-refractivity contribution in [3.8, 4) is 0 Å². The number of hydrogen-bond acceptors (Lipinski definition) is 10. The molecule has 2 N–H and O–H groups in total. The standard InChI is InChI=1S/C46H47N10O2/c1-53(2)37-21-17-33(18-22-37)49-51-35-11-7-27-55(31-35)29-9-25-47-41-15-5-13-39-43(41)46(58)44-40(45(39)57)14-6-16-42(44)48-26-10-30-56-28-8-12-36(32-56)52-50-34-19-23-38(24-20-34)54(3)4/h5-8,11-24,27-28,31-32H,9-10,25-26,29-30H2,1-4H3,(H-,47,48,58)/q+1/p+1/b51-49+,52-50+. The third-order valence-electron chi connectivity index (χ3n) is 9.87. The molecule has 0 unspecified atom stereocenters. The van der Waals surface area contributed by atoms with Crippen LogP contribution in [0.3, 0.4) is 0 Å². The van der Waals surface area contributed by atoms with Gasteiger partial charge in [-0.1, -0.05) is 24.3 Å². The maximum atomic E-state index is 14.2. The number of azo groups is 2. The van der Waals surface area contributed by atoms with E-state index in [-0.39, 0.29) is 11.6 Å². The molecule has 7 rings (SSSR count). The number of nitrogens with one attached hydrogen (secondary N) is 2. The number of anilines is 4. The largest absolute Gasteiger partial charge is 0.384 e. The minimum absolute atomic E-state index is 0.151. The van der Waals surface area contributed by atoms with Crippen LogP contribution in [0.5, 0.6) is 0 Å². The molecule has 12 nitrogen and oxygen atoms in total. The van der Waals surface area contributed by atoms with E-state index in [1.165, 1.54) is 0 Å². The molecule has 0 spiro atoms. The van der Waals surface area contributed by atoms with Gasteiger partial charge in [0, 0.05) is 100 Å². The second-order valence-electron chi connectivity index (χ2n) is 14.5. The molecule has 0 atom stereocenters. The Bertz CT molecular complexity index is 2290. The number of hydrogen-bond donors (Lipinski definition) is 2. The van der Waals surface area contributed by atoms with Crippen molar-refractivity contribution >= 4 is 57.1 Å². The van der Waals surface area contributed by atoms with Crippen LogP contribution in [0.25, 0.3) is 0 Å². The lowest BCUT2D eigenvalue weighted by Gasteiger charge is -2.23. The third kappa shape index (κ3) is 9.47. The summed E-state index contributed by atoms with van der Waals surface area (Å²) in [5, 5.41) is 24.5. The maximum Gasteiger partial charge on any atom is 0.198 e. The summed E-state index contributed by atoms with van der Waals surface area (Å²) in [6.07, 6.45) is 9.48. The molecule has 4 aromatic carbocycles. The van der Waals surface area contributed by atoms with Gasteiger partial charge in [-0.05, 0) is 72.8 Å². The Morgan fingerprint density at radius 3 is 1.31 bits per heavy atom. The first-order valence-corrected chi connectivity index (χ1v) is 19.4. The Hall–Kier alpha value is -7.08. The number of aromatic nitrogens is 2. The van der Waals surface area contributed by atoms with Crippen LogP contribution in [0.15, 0.2) is 154 Å². The minimum atomic E-state index is -0.164. The summed E-state index contributed by atoms with van der Waals surface area (Å²) in [7, 11) is 8.01. The van der Waals surface area contributed by atoms with Gasteiger partial charge in [-0.2, -0.15) is 10.2 Å². The van der Waals surface area contributed by atoms with Crippen LogP contribution in [-0.2, 0) is 13.1 Å². The third-order valence-corrected chi connectivity index (χ3v) is 9.87. The Balaban J connectivity index is 0.943. The summed E-state index contributed by atoms with van der Waals surface area (Å²) in [5.74, 6) is -0.314. The van der Waals surface area contributed by atoms with Gasteiger partial charge in [0.1, 0.15) is 24.5 Å². The molecule has 6 aromatic rings. The zero-order chi connectivity index (χ0) is 40.4. The number of aryl methyl sites for hydroxylation is 2. The predicted molar refractivity (Wildman–Crippen MR) is 229 cm³/mol. The Kier molecular flexibility index (Phi) is 12.3. The second kappa shape index (κ2) is 18.2. The summed E-state index contributed by atoms with van der Waals surface area (Å²) in [5.41, 5.74) is 8.27. The van der Waals surface area contributed by atoms with Crippen molar-refractivity contribution in [1.29, 1.82) is 0 Å². The van der Waals surface area contributed by atoms with E-state index in [1.807, 2.05) is 160 Å². The smallest absolute Gasteiger partial charge is 0.198 e. The van der Waals surface area contributed by atoms with Crippen LogP contribution in [-0.4, -0.2) is 52.8 Å². The predicted octanol–water partition coefficient (Wildman–Crippen LogP) is 9.00. The first kappa shape index (κ1) is 39.2. The molecule has 1 aliphatic carbocycles. The summed E-state index contributed by atoms with van der Waals surface area (Å²) in [6.45, 7) is 2.66. The topological polar surface area (TPSA) is 122 Å². The van der Waals surface area contributed by atoms with E-state index in [9.17, 15) is 9.59 Å². The fourth-order valence-corrected chi connectivity index (χ4v) is 6.78. The van der Waals surface area contributed by atoms with Crippen LogP contribution in [0.1, 0.15) is 44.7 Å². The molecule has 0 saturated heterocycles. The molecule has 0 saturated carbocycles. The molecule has 0 bridgehead atoms. The number of rotatable bonds is 16. The van der Waals surface area contributed by atoms with Gasteiger partial charge >= 0.3 is 0 Å². The first-order chi connectivity index (χ1) is 28.2. The van der Waals surface area contributed by atoms with E-state index < -0.39 is 0 Å². The highest BCUT2D eigenvalue weighted by Gasteiger charge is 2.33. The molecular weight excluding hydrogens is 725 g/mol. The van der Waals surface area contributed by atoms with Gasteiger partial charge in [-0.3, -0.25) is 9.59 Å². The average molecular weight is 773 g/mol. The van der Waals surface area contributed by atoms with Crippen LogP contribution in [0.4, 0.5) is 45.5 Å². The normalized spacial score (nSPS) is 12.1. The second-order valence-corrected chi connectivity index (χ2v) is 14.5. The van der Waals surface area contributed by atoms with Crippen LogP contribution in [0.2, 0.25) is 0 Å². The Morgan fingerprint density at radius 2 is 0.897 bits per heavy atom. The van der Waals surface area contributed by atoms with Gasteiger partial charge in [0.05, 0.1) is 22.5 Å². The molecule has 58 heavy (non-hydrogen) atoms. The van der Waals surface area contributed by atoms with Crippen molar-refractivity contribution in [2.24, 2.45) is 20.5 Å². The van der Waals surface area contributed by atoms with Gasteiger partial charge in [0.25, 0.3) is 0 Å². The molecule has 292 valence electrons. The zero-order valence-corrected chi connectivity index (χ0v) is 33.3. The van der Waals surface area contributed by atoms with E-state index in [4.69, 9.17) is 0 Å². The van der Waals surface area contributed by atoms with Gasteiger partial charge in [-0.15, -0.1) is 10.2 Å². The number of carbonyl (C=O) groups excluding carboxylic acids is 2. The SMILES string of the molecule is CN(C)c1ccc(/N=N/c2ccc[n+](CCCNc3cccc4c3C(=O)c3c(NCCC[n+]5cccc(/N=N/c6ccc(N(C)C)cc6)c5)cccc3C4=O)c2)cc1. The van der Waals surface area contributed by atoms with Crippen LogP contribution < -0.4 is 29.6 Å². The van der Waals surface area contributed by atoms with Gasteiger partial charge < -0.3 is 20.4 Å². The molecule has 0 radical (unpaired) electrons. The van der Waals surface area contributed by atoms with Crippen molar-refractivity contribution in [1.82, 2.24) is 0 Å². The fourth-order valence-electron chi connectivity index (χ4n) is 6.78. The van der Waals surface area contributed by atoms with Crippen LogP contribution in [0, 0.1) is 0 Å². The van der Waals surface area contributed by atoms with Crippen molar-refractivity contribution in [3.05, 3.63) is 156 Å². The molecule has 0 amide bonds. The van der Waals surface area contributed by atoms with E-state index >= 15 is 0 Å². The number of nitrogens with zero attached hydrogens (tertiary/aromatic N) is 8. The molecule has 2 aromatic heterocycles. The first-order valence-electron chi connectivity index (χ1n) is 19.4. The highest BCUT2D eigenvalue weighted by molar-refractivity contribution is 6.31. The summed E-state index contributed by atoms with van der Waals surface area (Å²) >= 11 is 0. The van der Waals surface area contributed by atoms with Gasteiger partial charge in [-0.25, -0.2) is 9.13 Å². The molecule has 0 fully saturated rings. The van der Waals surface area contributed by atoms with Crippen LogP contribution >= 0.6 is 0 Å². The van der Waals surface area contributed by atoms with E-state index in [2.05, 4.69) is 40.2 Å². The molecule has 2 heterocycles. The lowest BCUT2D eigenvalue weighted by Crippen LogP contribution is -2.33. The van der Waals surface area contributed by atoms with Crippen molar-refractivity contribution < 1.29 is 18.7 Å². The van der Waals surface area contributed by atoms with Crippen molar-refractivity contribution in [2.45, 2.75) is 25.9 Å². The number of pyridine rings is 2. The highest BCUT2D eigenvalue weighted by Crippen LogP contribution is 2.35. The number of carbonyl (C=O) groups is 2. The molecular formula is C46H48N10O2+2. The lowest BCUT2D eigenvalue weighted by atomic mass is 9.82. The quantitative estimate of drug-likeness (QED) is 0.0575. The summed E-state index contributed by atoms with van der Waals surface area (Å²) in [4.78, 5) is 32.1. The Labute approximate surface area is 339 Å². The van der Waals surface area contributed by atoms with Crippen molar-refractivity contribution in [3.63, 3.8) is 0 Å². The van der Waals surface area contributed by atoms with Gasteiger partial charge in [0.2, 0.25) is 0 Å². The number of fused-ring (bicyclic) bond motifs is 2. The summed E-state index contributed by atoms with van der Waals surface area (Å²) in [6, 6.07) is 34.5. The van der Waals surface area contributed by atoms with E-state index in [1.54, 1.807) is 12.1 Å². The highest BCUT2D eigenvalue weighted by atomic mass is 16.1. The number of benzene rings is 4. The molecule has 12 heteroatoms. The Morgan fingerprint density at radius 1 is 0.483 bits per heavy atom. The molecule has 1 aliphatic rings. The lowest BCUT2D eigenvalue weighted by molar-refractivity contribution is -0.696. The monoisotopic (exact) mass is 772 g/mol. The molecule has 0 aliphatic heterocycles. The van der Waals surface area contributed by atoms with Gasteiger partial charge in [0.15, 0.2) is 36.4 Å². The average Bonchev–Trinajstić information content (AvgIpc) is 3.24. The fraction of sp³-hybridized carbons (Fsp3) is 0.217. The summed E-state index contributed by atoms with van der Waals surface area (Å²) < 4.78 is 4.14. The number of ketones is 2. The van der Waals surface area contributed by atoms with Crippen molar-refractivity contribution in [2.75, 3.05) is 61.7 Å². The van der Waals surface area contributed by atoms with E-state index in [0.717, 1.165) is 60.1 Å². The minimum Gasteiger partial charge on any atom is -0.384 e.